The predicted molar refractivity (Wildman–Crippen MR) is 82.1 cm³/mol. The molecular weight excluding hydrogens is 308 g/mol. The Hall–Kier alpha value is -2.25. The lowest BCUT2D eigenvalue weighted by molar-refractivity contribution is 0.0696. The Morgan fingerprint density at radius 3 is 2.86 bits per heavy atom. The monoisotopic (exact) mass is 318 g/mol. The first-order chi connectivity index (χ1) is 10.1. The van der Waals surface area contributed by atoms with E-state index in [0.29, 0.717) is 10.6 Å². The number of thiophene rings is 2. The van der Waals surface area contributed by atoms with Crippen molar-refractivity contribution in [3.8, 4) is 0 Å². The third-order valence-corrected chi connectivity index (χ3v) is 4.95. The number of aromatic carboxylic acids is 1. The highest BCUT2D eigenvalue weighted by Crippen LogP contribution is 2.29. The van der Waals surface area contributed by atoms with Crippen LogP contribution in [0.3, 0.4) is 0 Å². The molecule has 1 amide bonds. The topological polar surface area (TPSA) is 79.3 Å². The third kappa shape index (κ3) is 2.93. The van der Waals surface area contributed by atoms with E-state index in [1.807, 2.05) is 17.5 Å². The third-order valence-electron chi connectivity index (χ3n) is 2.86. The molecule has 3 aromatic heterocycles. The molecule has 106 valence electrons. The Labute approximate surface area is 127 Å². The standard InChI is InChI=1S/C14H10N2O3S2/c17-13(12-6-11-10(21-12)2-4-20-11)16-7-9-5-8(14(18)19)1-3-15-9/h1-6H,7H2,(H,16,17)(H,18,19). The fourth-order valence-corrected chi connectivity index (χ4v) is 3.87. The van der Waals surface area contributed by atoms with Crippen LogP contribution in [0.2, 0.25) is 0 Å². The fraction of sp³-hybridized carbons (Fsp3) is 0.0714. The molecule has 3 heterocycles. The molecule has 0 bridgehead atoms. The Bertz CT molecular complexity index is 794. The number of rotatable bonds is 4. The van der Waals surface area contributed by atoms with Crippen molar-refractivity contribution >= 4 is 43.9 Å². The van der Waals surface area contributed by atoms with Gasteiger partial charge in [-0.3, -0.25) is 9.78 Å². The first-order valence-electron chi connectivity index (χ1n) is 6.07. The van der Waals surface area contributed by atoms with Gasteiger partial charge in [0.1, 0.15) is 0 Å². The molecule has 0 atom stereocenters. The predicted octanol–water partition coefficient (Wildman–Crippen LogP) is 2.99. The molecule has 0 aliphatic heterocycles. The summed E-state index contributed by atoms with van der Waals surface area (Å²) in [4.78, 5) is 27.6. The molecule has 0 fully saturated rings. The summed E-state index contributed by atoms with van der Waals surface area (Å²) in [5.41, 5.74) is 0.674. The summed E-state index contributed by atoms with van der Waals surface area (Å²) in [5, 5.41) is 13.7. The van der Waals surface area contributed by atoms with E-state index in [1.165, 1.54) is 29.7 Å². The highest BCUT2D eigenvalue weighted by molar-refractivity contribution is 7.27. The lowest BCUT2D eigenvalue weighted by atomic mass is 10.2. The lowest BCUT2D eigenvalue weighted by Gasteiger charge is -2.03. The normalized spacial score (nSPS) is 10.7. The van der Waals surface area contributed by atoms with Gasteiger partial charge in [0, 0.05) is 15.6 Å². The number of carbonyl (C=O) groups excluding carboxylic acids is 1. The van der Waals surface area contributed by atoms with E-state index in [4.69, 9.17) is 5.11 Å². The minimum atomic E-state index is -1.01. The number of carboxylic acid groups (broad SMARTS) is 1. The van der Waals surface area contributed by atoms with E-state index in [1.54, 1.807) is 11.3 Å². The maximum Gasteiger partial charge on any atom is 0.335 e. The Morgan fingerprint density at radius 2 is 2.10 bits per heavy atom. The molecular formula is C14H10N2O3S2. The number of pyridine rings is 1. The van der Waals surface area contributed by atoms with Crippen molar-refractivity contribution in [3.63, 3.8) is 0 Å². The number of nitrogens with one attached hydrogen (secondary N) is 1. The second-order valence-electron chi connectivity index (χ2n) is 4.28. The summed E-state index contributed by atoms with van der Waals surface area (Å²) >= 11 is 3.04. The minimum Gasteiger partial charge on any atom is -0.478 e. The molecule has 0 unspecified atom stereocenters. The first kappa shape index (κ1) is 13.7. The average Bonchev–Trinajstić information content (AvgIpc) is 3.06. The van der Waals surface area contributed by atoms with Crippen LogP contribution in [-0.2, 0) is 6.54 Å². The van der Waals surface area contributed by atoms with Gasteiger partial charge in [-0.05, 0) is 29.6 Å². The van der Waals surface area contributed by atoms with E-state index in [2.05, 4.69) is 10.3 Å². The SMILES string of the molecule is O=C(O)c1ccnc(CNC(=O)c2cc3sccc3s2)c1. The van der Waals surface area contributed by atoms with Crippen LogP contribution in [0.25, 0.3) is 9.40 Å². The molecule has 2 N–H and O–H groups in total. The molecule has 0 saturated heterocycles. The molecule has 0 aliphatic carbocycles. The molecule has 3 aromatic rings. The van der Waals surface area contributed by atoms with Crippen LogP contribution in [-0.4, -0.2) is 22.0 Å². The molecule has 0 aromatic carbocycles. The molecule has 0 radical (unpaired) electrons. The molecule has 0 spiro atoms. The van der Waals surface area contributed by atoms with E-state index in [0.717, 1.165) is 9.40 Å². The molecule has 5 nitrogen and oxygen atoms in total. The van der Waals surface area contributed by atoms with Crippen molar-refractivity contribution in [1.29, 1.82) is 0 Å². The summed E-state index contributed by atoms with van der Waals surface area (Å²) in [7, 11) is 0. The van der Waals surface area contributed by atoms with Gasteiger partial charge >= 0.3 is 5.97 Å². The molecule has 0 aliphatic rings. The number of hydrogen-bond donors (Lipinski definition) is 2. The Kier molecular flexibility index (Phi) is 3.68. The van der Waals surface area contributed by atoms with Gasteiger partial charge in [0.15, 0.2) is 0 Å². The van der Waals surface area contributed by atoms with E-state index < -0.39 is 5.97 Å². The van der Waals surface area contributed by atoms with Gasteiger partial charge in [-0.2, -0.15) is 0 Å². The van der Waals surface area contributed by atoms with E-state index >= 15 is 0 Å². The number of aromatic nitrogens is 1. The second kappa shape index (κ2) is 5.63. The summed E-state index contributed by atoms with van der Waals surface area (Å²) < 4.78 is 2.19. The first-order valence-corrected chi connectivity index (χ1v) is 7.76. The number of carbonyl (C=O) groups is 2. The maximum absolute atomic E-state index is 12.1. The Morgan fingerprint density at radius 1 is 1.24 bits per heavy atom. The fourth-order valence-electron chi connectivity index (χ4n) is 1.84. The lowest BCUT2D eigenvalue weighted by Crippen LogP contribution is -2.22. The van der Waals surface area contributed by atoms with E-state index in [-0.39, 0.29) is 18.0 Å². The number of amides is 1. The van der Waals surface area contributed by atoms with Crippen molar-refractivity contribution in [2.24, 2.45) is 0 Å². The summed E-state index contributed by atoms with van der Waals surface area (Å²) in [6, 6.07) is 6.72. The van der Waals surface area contributed by atoms with Gasteiger partial charge in [0.2, 0.25) is 0 Å². The summed E-state index contributed by atoms with van der Waals surface area (Å²) in [6.45, 7) is 0.200. The average molecular weight is 318 g/mol. The van der Waals surface area contributed by atoms with Crippen LogP contribution in [0.1, 0.15) is 25.7 Å². The van der Waals surface area contributed by atoms with Gasteiger partial charge in [0.25, 0.3) is 5.91 Å². The van der Waals surface area contributed by atoms with Gasteiger partial charge < -0.3 is 10.4 Å². The number of fused-ring (bicyclic) bond motifs is 1. The number of carboxylic acids is 1. The summed E-state index contributed by atoms with van der Waals surface area (Å²) in [6.07, 6.45) is 1.42. The summed E-state index contributed by atoms with van der Waals surface area (Å²) in [5.74, 6) is -1.19. The molecule has 0 saturated carbocycles. The smallest absolute Gasteiger partial charge is 0.335 e. The number of hydrogen-bond acceptors (Lipinski definition) is 5. The van der Waals surface area contributed by atoms with Gasteiger partial charge in [-0.15, -0.1) is 22.7 Å². The van der Waals surface area contributed by atoms with Crippen LogP contribution < -0.4 is 5.32 Å². The van der Waals surface area contributed by atoms with Crippen LogP contribution in [0.4, 0.5) is 0 Å². The highest BCUT2D eigenvalue weighted by atomic mass is 32.1. The zero-order valence-electron chi connectivity index (χ0n) is 10.7. The van der Waals surface area contributed by atoms with Gasteiger partial charge in [-0.1, -0.05) is 0 Å². The van der Waals surface area contributed by atoms with Crippen LogP contribution >= 0.6 is 22.7 Å². The van der Waals surface area contributed by atoms with E-state index in [9.17, 15) is 9.59 Å². The van der Waals surface area contributed by atoms with Gasteiger partial charge in [-0.25, -0.2) is 4.79 Å². The van der Waals surface area contributed by atoms with Crippen LogP contribution in [0.15, 0.2) is 35.8 Å². The van der Waals surface area contributed by atoms with Gasteiger partial charge in [0.05, 0.1) is 22.7 Å². The Balaban J connectivity index is 1.69. The number of nitrogens with zero attached hydrogens (tertiary/aromatic N) is 1. The van der Waals surface area contributed by atoms with Crippen molar-refractivity contribution < 1.29 is 14.7 Å². The van der Waals surface area contributed by atoms with Crippen molar-refractivity contribution in [2.75, 3.05) is 0 Å². The maximum atomic E-state index is 12.1. The zero-order chi connectivity index (χ0) is 14.8. The van der Waals surface area contributed by atoms with Crippen molar-refractivity contribution in [1.82, 2.24) is 10.3 Å². The zero-order valence-corrected chi connectivity index (χ0v) is 12.3. The molecule has 3 rings (SSSR count). The van der Waals surface area contributed by atoms with Crippen molar-refractivity contribution in [2.45, 2.75) is 6.54 Å². The van der Waals surface area contributed by atoms with Crippen LogP contribution in [0.5, 0.6) is 0 Å². The van der Waals surface area contributed by atoms with Crippen LogP contribution in [0, 0.1) is 0 Å². The largest absolute Gasteiger partial charge is 0.478 e. The highest BCUT2D eigenvalue weighted by Gasteiger charge is 2.11. The van der Waals surface area contributed by atoms with Crippen molar-refractivity contribution in [3.05, 3.63) is 52.0 Å². The molecule has 7 heteroatoms. The minimum absolute atomic E-state index is 0.158. The second-order valence-corrected chi connectivity index (χ2v) is 6.31. The quantitative estimate of drug-likeness (QED) is 0.775. The molecule has 21 heavy (non-hydrogen) atoms.